The van der Waals surface area contributed by atoms with Crippen molar-refractivity contribution in [2.24, 2.45) is 5.92 Å². The molecule has 0 bridgehead atoms. The highest BCUT2D eigenvalue weighted by Crippen LogP contribution is 2.40. The van der Waals surface area contributed by atoms with Crippen LogP contribution in [-0.4, -0.2) is 40.7 Å². The van der Waals surface area contributed by atoms with E-state index >= 15 is 0 Å². The topological polar surface area (TPSA) is 80.0 Å². The van der Waals surface area contributed by atoms with Crippen molar-refractivity contribution in [3.8, 4) is 5.75 Å². The number of hydrogen-bond donors (Lipinski definition) is 1. The Morgan fingerprint density at radius 1 is 1.20 bits per heavy atom. The Balaban J connectivity index is 1.52. The van der Waals surface area contributed by atoms with Crippen molar-refractivity contribution in [2.45, 2.75) is 71.5 Å². The lowest BCUT2D eigenvalue weighted by Gasteiger charge is -2.47. The van der Waals surface area contributed by atoms with Crippen LogP contribution in [0.25, 0.3) is 11.0 Å². The summed E-state index contributed by atoms with van der Waals surface area (Å²) < 4.78 is 11.5. The van der Waals surface area contributed by atoms with Crippen molar-refractivity contribution in [2.75, 3.05) is 13.1 Å². The molecule has 4 rings (SSSR count). The minimum absolute atomic E-state index is 0.0661. The van der Waals surface area contributed by atoms with Gasteiger partial charge in [0.2, 0.25) is 0 Å². The number of benzene rings is 1. The molecule has 1 amide bonds. The third-order valence-electron chi connectivity index (χ3n) is 7.21. The Morgan fingerprint density at radius 2 is 1.97 bits per heavy atom. The van der Waals surface area contributed by atoms with E-state index in [0.717, 1.165) is 36.6 Å². The van der Waals surface area contributed by atoms with Crippen molar-refractivity contribution in [3.05, 3.63) is 39.2 Å². The second kappa shape index (κ2) is 7.73. The molecule has 6 heteroatoms. The van der Waals surface area contributed by atoms with Gasteiger partial charge in [0.25, 0.3) is 5.91 Å². The number of fused-ring (bicyclic) bond motifs is 2. The summed E-state index contributed by atoms with van der Waals surface area (Å²) in [6, 6.07) is 3.72. The van der Waals surface area contributed by atoms with Gasteiger partial charge in [-0.25, -0.2) is 4.79 Å². The van der Waals surface area contributed by atoms with Crippen LogP contribution in [0.15, 0.2) is 21.3 Å². The predicted octanol–water partition coefficient (Wildman–Crippen LogP) is 3.64. The maximum absolute atomic E-state index is 13.1. The van der Waals surface area contributed by atoms with E-state index in [2.05, 4.69) is 0 Å². The normalized spacial score (nSPS) is 25.1. The first-order valence-corrected chi connectivity index (χ1v) is 10.9. The van der Waals surface area contributed by atoms with Crippen molar-refractivity contribution >= 4 is 16.9 Å². The molecule has 3 atom stereocenters. The van der Waals surface area contributed by atoms with E-state index in [1.54, 1.807) is 13.8 Å². The van der Waals surface area contributed by atoms with Gasteiger partial charge in [-0.15, -0.1) is 0 Å². The Hall–Kier alpha value is -2.34. The van der Waals surface area contributed by atoms with Crippen LogP contribution in [0.3, 0.4) is 0 Å². The number of rotatable bonds is 3. The maximum Gasteiger partial charge on any atom is 0.339 e. The van der Waals surface area contributed by atoms with Crippen LogP contribution >= 0.6 is 0 Å². The monoisotopic (exact) mass is 413 g/mol. The number of aryl methyl sites for hydroxylation is 2. The first-order valence-electron chi connectivity index (χ1n) is 10.9. The van der Waals surface area contributed by atoms with E-state index in [-0.39, 0.29) is 17.5 Å². The van der Waals surface area contributed by atoms with E-state index in [1.165, 1.54) is 0 Å². The van der Waals surface area contributed by atoms with Gasteiger partial charge in [-0.3, -0.25) is 4.79 Å². The minimum Gasteiger partial charge on any atom is -0.480 e. The number of amides is 1. The Kier molecular flexibility index (Phi) is 5.39. The molecular formula is C24H31NO5. The number of nitrogens with zero attached hydrogens (tertiary/aromatic N) is 1. The molecule has 2 fully saturated rings. The zero-order chi connectivity index (χ0) is 21.6. The van der Waals surface area contributed by atoms with Crippen LogP contribution in [-0.2, 0) is 4.79 Å². The molecular weight excluding hydrogens is 382 g/mol. The molecule has 0 radical (unpaired) electrons. The van der Waals surface area contributed by atoms with Crippen LogP contribution in [0.5, 0.6) is 5.75 Å². The first-order chi connectivity index (χ1) is 14.2. The summed E-state index contributed by atoms with van der Waals surface area (Å²) in [6.07, 6.45) is 3.96. The van der Waals surface area contributed by atoms with Gasteiger partial charge in [0, 0.05) is 35.5 Å². The SMILES string of the molecule is Cc1c(C)c2ccc(OC(C)C(=O)N3CC[C@@]4(O)CCCC[C@H]4C3)c(C)c2oc1=O. The molecule has 1 N–H and O–H groups in total. The van der Waals surface area contributed by atoms with Crippen LogP contribution in [0.2, 0.25) is 0 Å². The third-order valence-corrected chi connectivity index (χ3v) is 7.21. The van der Waals surface area contributed by atoms with Crippen LogP contribution < -0.4 is 10.4 Å². The molecule has 1 aliphatic heterocycles. The fraction of sp³-hybridized carbons (Fsp3) is 0.583. The molecule has 2 aliphatic rings. The molecule has 1 unspecified atom stereocenters. The largest absolute Gasteiger partial charge is 0.480 e. The van der Waals surface area contributed by atoms with Gasteiger partial charge in [-0.05, 0) is 64.7 Å². The lowest BCUT2D eigenvalue weighted by atomic mass is 9.71. The van der Waals surface area contributed by atoms with E-state index in [0.29, 0.717) is 42.0 Å². The van der Waals surface area contributed by atoms with Gasteiger partial charge in [0.1, 0.15) is 11.3 Å². The summed E-state index contributed by atoms with van der Waals surface area (Å²) in [5.41, 5.74) is 1.76. The van der Waals surface area contributed by atoms with Gasteiger partial charge in [0.05, 0.1) is 5.60 Å². The highest BCUT2D eigenvalue weighted by atomic mass is 16.5. The summed E-state index contributed by atoms with van der Waals surface area (Å²) in [6.45, 7) is 8.41. The summed E-state index contributed by atoms with van der Waals surface area (Å²) >= 11 is 0. The van der Waals surface area contributed by atoms with Gasteiger partial charge in [-0.2, -0.15) is 0 Å². The highest BCUT2D eigenvalue weighted by Gasteiger charge is 2.44. The van der Waals surface area contributed by atoms with Crippen molar-refractivity contribution in [1.82, 2.24) is 4.90 Å². The average molecular weight is 414 g/mol. The summed E-state index contributed by atoms with van der Waals surface area (Å²) in [5.74, 6) is 0.628. The maximum atomic E-state index is 13.1. The van der Waals surface area contributed by atoms with Crippen molar-refractivity contribution in [3.63, 3.8) is 0 Å². The highest BCUT2D eigenvalue weighted by molar-refractivity contribution is 5.86. The molecule has 1 aliphatic carbocycles. The van der Waals surface area contributed by atoms with E-state index in [1.807, 2.05) is 30.9 Å². The zero-order valence-electron chi connectivity index (χ0n) is 18.3. The number of aliphatic hydroxyl groups is 1. The standard InChI is InChI=1S/C24H31NO5/c1-14-15(2)23(27)30-21-16(3)20(9-8-19(14)21)29-17(4)22(26)25-12-11-24(28)10-6-5-7-18(24)13-25/h8-9,17-18,28H,5-7,10-13H2,1-4H3/t17?,18-,24-/m0/s1. The molecule has 1 saturated heterocycles. The fourth-order valence-corrected chi connectivity index (χ4v) is 5.02. The number of likely N-dealkylation sites (tertiary alicyclic amines) is 1. The Morgan fingerprint density at radius 3 is 2.73 bits per heavy atom. The lowest BCUT2D eigenvalue weighted by Crippen LogP contribution is -2.56. The molecule has 0 spiro atoms. The summed E-state index contributed by atoms with van der Waals surface area (Å²) in [7, 11) is 0. The molecule has 2 aromatic rings. The molecule has 162 valence electrons. The van der Waals surface area contributed by atoms with E-state index in [4.69, 9.17) is 9.15 Å². The van der Waals surface area contributed by atoms with Gasteiger partial charge in [-0.1, -0.05) is 12.8 Å². The number of ether oxygens (including phenoxy) is 1. The molecule has 30 heavy (non-hydrogen) atoms. The second-order valence-corrected chi connectivity index (χ2v) is 9.05. The fourth-order valence-electron chi connectivity index (χ4n) is 5.02. The minimum atomic E-state index is -0.658. The molecule has 6 nitrogen and oxygen atoms in total. The summed E-state index contributed by atoms with van der Waals surface area (Å²) in [4.78, 5) is 27.0. The zero-order valence-corrected chi connectivity index (χ0v) is 18.3. The Labute approximate surface area is 176 Å². The molecule has 1 saturated carbocycles. The second-order valence-electron chi connectivity index (χ2n) is 9.05. The van der Waals surface area contributed by atoms with Gasteiger partial charge in [0.15, 0.2) is 6.10 Å². The predicted molar refractivity (Wildman–Crippen MR) is 115 cm³/mol. The Bertz CT molecular complexity index is 1040. The van der Waals surface area contributed by atoms with Gasteiger partial charge >= 0.3 is 5.63 Å². The third kappa shape index (κ3) is 3.51. The van der Waals surface area contributed by atoms with Crippen LogP contribution in [0.4, 0.5) is 0 Å². The first kappa shape index (κ1) is 20.9. The van der Waals surface area contributed by atoms with Crippen LogP contribution in [0, 0.1) is 26.7 Å². The smallest absolute Gasteiger partial charge is 0.339 e. The molecule has 1 aromatic heterocycles. The quantitative estimate of drug-likeness (QED) is 0.777. The van der Waals surface area contributed by atoms with E-state index in [9.17, 15) is 14.7 Å². The van der Waals surface area contributed by atoms with Crippen molar-refractivity contribution < 1.29 is 19.1 Å². The van der Waals surface area contributed by atoms with Gasteiger partial charge < -0.3 is 19.2 Å². The van der Waals surface area contributed by atoms with Crippen molar-refractivity contribution in [1.29, 1.82) is 0 Å². The summed E-state index contributed by atoms with van der Waals surface area (Å²) in [5, 5.41) is 11.7. The number of piperidine rings is 1. The number of carbonyl (C=O) groups excluding carboxylic acids is 1. The molecule has 2 heterocycles. The lowest BCUT2D eigenvalue weighted by molar-refractivity contribution is -0.149. The molecule has 1 aromatic carbocycles. The number of carbonyl (C=O) groups is 1. The van der Waals surface area contributed by atoms with Crippen LogP contribution in [0.1, 0.15) is 55.7 Å². The number of hydrogen-bond acceptors (Lipinski definition) is 5. The van der Waals surface area contributed by atoms with E-state index < -0.39 is 11.7 Å². The average Bonchev–Trinajstić information content (AvgIpc) is 2.73.